The van der Waals surface area contributed by atoms with Gasteiger partial charge in [0, 0.05) is 11.1 Å². The first-order valence-electron chi connectivity index (χ1n) is 4.82. The number of rotatable bonds is 2. The number of aryl methyl sites for hydroxylation is 1. The molecule has 0 spiro atoms. The van der Waals surface area contributed by atoms with Gasteiger partial charge in [-0.3, -0.25) is 9.20 Å². The Labute approximate surface area is 102 Å². The molecule has 3 nitrogen and oxygen atoms in total. The quantitative estimate of drug-likeness (QED) is 0.771. The van der Waals surface area contributed by atoms with Crippen molar-refractivity contribution in [2.75, 3.05) is 0 Å². The number of hydrogen-bond acceptors (Lipinski definition) is 3. The maximum atomic E-state index is 11.2. The highest BCUT2D eigenvalue weighted by atomic mass is 35.5. The number of hydrogen-bond donors (Lipinski definition) is 0. The molecule has 0 fully saturated rings. The molecular formula is C11H11ClN2OS. The lowest BCUT2D eigenvalue weighted by Gasteiger charge is -1.97. The molecular weight excluding hydrogens is 244 g/mol. The summed E-state index contributed by atoms with van der Waals surface area (Å²) >= 11 is 7.59. The van der Waals surface area contributed by atoms with Gasteiger partial charge in [-0.2, -0.15) is 0 Å². The fourth-order valence-electron chi connectivity index (χ4n) is 1.43. The summed E-state index contributed by atoms with van der Waals surface area (Å²) in [6, 6.07) is 0. The number of imidazole rings is 1. The second kappa shape index (κ2) is 4.03. The average molecular weight is 255 g/mol. The second-order valence-electron chi connectivity index (χ2n) is 3.67. The van der Waals surface area contributed by atoms with Crippen LogP contribution in [0.2, 0.25) is 5.15 Å². The van der Waals surface area contributed by atoms with Gasteiger partial charge in [0.05, 0.1) is 5.69 Å². The predicted octanol–water partition coefficient (Wildman–Crippen LogP) is 3.35. The van der Waals surface area contributed by atoms with Gasteiger partial charge in [-0.25, -0.2) is 4.98 Å². The van der Waals surface area contributed by atoms with Gasteiger partial charge >= 0.3 is 0 Å². The number of allylic oxidation sites excluding steroid dienone is 1. The minimum absolute atomic E-state index is 0.0406. The number of aromatic nitrogens is 2. The molecule has 84 valence electrons. The standard InChI is InChI=1S/C11H11ClN2OS/c1-6(8(3)15)4-9-10(12)13-11-14(9)7(2)5-16-11/h4-5H,1-3H3/b6-4-. The van der Waals surface area contributed by atoms with Crippen LogP contribution in [0, 0.1) is 6.92 Å². The number of Topliss-reactive ketones (excluding diaryl/α,β-unsaturated/α-hetero) is 1. The summed E-state index contributed by atoms with van der Waals surface area (Å²) in [6.07, 6.45) is 1.78. The number of fused-ring (bicyclic) bond motifs is 1. The van der Waals surface area contributed by atoms with Crippen molar-refractivity contribution in [1.29, 1.82) is 0 Å². The van der Waals surface area contributed by atoms with E-state index in [1.165, 1.54) is 11.3 Å². The number of carbonyl (C=O) groups excluding carboxylic acids is 1. The molecule has 0 aliphatic heterocycles. The van der Waals surface area contributed by atoms with Crippen LogP contribution in [0.3, 0.4) is 0 Å². The zero-order chi connectivity index (χ0) is 11.9. The van der Waals surface area contributed by atoms with Crippen molar-refractivity contribution >= 4 is 39.8 Å². The summed E-state index contributed by atoms with van der Waals surface area (Å²) < 4.78 is 1.96. The number of ketones is 1. The molecule has 5 heteroatoms. The first kappa shape index (κ1) is 11.4. The van der Waals surface area contributed by atoms with E-state index in [4.69, 9.17) is 11.6 Å². The summed E-state index contributed by atoms with van der Waals surface area (Å²) in [5, 5.41) is 2.45. The van der Waals surface area contributed by atoms with Gasteiger partial charge in [0.25, 0.3) is 0 Å². The van der Waals surface area contributed by atoms with Gasteiger partial charge in [0.2, 0.25) is 0 Å². The van der Waals surface area contributed by atoms with E-state index in [1.807, 2.05) is 16.7 Å². The maximum absolute atomic E-state index is 11.2. The third-order valence-electron chi connectivity index (χ3n) is 2.43. The fraction of sp³-hybridized carbons (Fsp3) is 0.273. The highest BCUT2D eigenvalue weighted by molar-refractivity contribution is 7.15. The molecule has 0 atom stereocenters. The molecule has 2 rings (SSSR count). The number of thiazole rings is 1. The van der Waals surface area contributed by atoms with E-state index in [0.29, 0.717) is 10.7 Å². The Morgan fingerprint density at radius 3 is 2.88 bits per heavy atom. The molecule has 0 aliphatic carbocycles. The topological polar surface area (TPSA) is 34.4 Å². The van der Waals surface area contributed by atoms with Crippen LogP contribution >= 0.6 is 22.9 Å². The van der Waals surface area contributed by atoms with E-state index in [2.05, 4.69) is 4.98 Å². The minimum Gasteiger partial charge on any atom is -0.295 e. The molecule has 0 N–H and O–H groups in total. The summed E-state index contributed by atoms with van der Waals surface area (Å²) in [6.45, 7) is 5.31. The van der Waals surface area contributed by atoms with Crippen LogP contribution in [-0.4, -0.2) is 15.2 Å². The third kappa shape index (κ3) is 1.79. The van der Waals surface area contributed by atoms with Gasteiger partial charge in [0.15, 0.2) is 15.9 Å². The molecule has 0 amide bonds. The Kier molecular flexibility index (Phi) is 2.86. The molecule has 0 unspecified atom stereocenters. The molecule has 2 aromatic heterocycles. The Morgan fingerprint density at radius 2 is 2.25 bits per heavy atom. The smallest absolute Gasteiger partial charge is 0.195 e. The molecule has 0 bridgehead atoms. The molecule has 2 aromatic rings. The Balaban J connectivity index is 2.67. The van der Waals surface area contributed by atoms with Crippen molar-refractivity contribution in [1.82, 2.24) is 9.38 Å². The fourth-order valence-corrected chi connectivity index (χ4v) is 2.57. The molecule has 0 radical (unpaired) electrons. The summed E-state index contributed by atoms with van der Waals surface area (Å²) in [7, 11) is 0. The van der Waals surface area contributed by atoms with Gasteiger partial charge in [0.1, 0.15) is 0 Å². The molecule has 16 heavy (non-hydrogen) atoms. The Bertz CT molecular complexity index is 594. The largest absolute Gasteiger partial charge is 0.295 e. The van der Waals surface area contributed by atoms with E-state index < -0.39 is 0 Å². The predicted molar refractivity (Wildman–Crippen MR) is 67.1 cm³/mol. The number of carbonyl (C=O) groups is 1. The maximum Gasteiger partial charge on any atom is 0.195 e. The van der Waals surface area contributed by atoms with Crippen LogP contribution in [0.25, 0.3) is 11.0 Å². The number of halogens is 1. The van der Waals surface area contributed by atoms with Gasteiger partial charge in [-0.05, 0) is 32.4 Å². The SMILES string of the molecule is CC(=O)/C(C)=C\c1c(Cl)nc2scc(C)n12. The van der Waals surface area contributed by atoms with E-state index >= 15 is 0 Å². The minimum atomic E-state index is 0.0406. The van der Waals surface area contributed by atoms with Crippen molar-refractivity contribution < 1.29 is 4.79 Å². The highest BCUT2D eigenvalue weighted by Gasteiger charge is 2.12. The van der Waals surface area contributed by atoms with Crippen LogP contribution in [0.15, 0.2) is 11.0 Å². The molecule has 0 saturated heterocycles. The number of nitrogens with zero attached hydrogens (tertiary/aromatic N) is 2. The zero-order valence-corrected chi connectivity index (χ0v) is 10.8. The lowest BCUT2D eigenvalue weighted by Crippen LogP contribution is -1.93. The van der Waals surface area contributed by atoms with Gasteiger partial charge in [-0.15, -0.1) is 11.3 Å². The van der Waals surface area contributed by atoms with Crippen molar-refractivity contribution in [3.63, 3.8) is 0 Å². The van der Waals surface area contributed by atoms with Crippen molar-refractivity contribution in [3.8, 4) is 0 Å². The Hall–Kier alpha value is -1.13. The van der Waals surface area contributed by atoms with E-state index in [-0.39, 0.29) is 5.78 Å². The van der Waals surface area contributed by atoms with Gasteiger partial charge in [-0.1, -0.05) is 11.6 Å². The summed E-state index contributed by atoms with van der Waals surface area (Å²) in [4.78, 5) is 16.3. The highest BCUT2D eigenvalue weighted by Crippen LogP contribution is 2.25. The third-order valence-corrected chi connectivity index (χ3v) is 3.66. The Morgan fingerprint density at radius 1 is 1.56 bits per heavy atom. The van der Waals surface area contributed by atoms with Crippen molar-refractivity contribution in [3.05, 3.63) is 27.5 Å². The first-order valence-corrected chi connectivity index (χ1v) is 6.07. The summed E-state index contributed by atoms with van der Waals surface area (Å²) in [5.41, 5.74) is 2.53. The second-order valence-corrected chi connectivity index (χ2v) is 4.86. The molecule has 2 heterocycles. The normalized spacial score (nSPS) is 12.4. The van der Waals surface area contributed by atoms with E-state index in [0.717, 1.165) is 16.3 Å². The lowest BCUT2D eigenvalue weighted by molar-refractivity contribution is -0.113. The summed E-state index contributed by atoms with van der Waals surface area (Å²) in [5.74, 6) is 0.0406. The average Bonchev–Trinajstić information content (AvgIpc) is 2.69. The zero-order valence-electron chi connectivity index (χ0n) is 9.24. The van der Waals surface area contributed by atoms with Crippen LogP contribution in [-0.2, 0) is 4.79 Å². The van der Waals surface area contributed by atoms with Crippen LogP contribution < -0.4 is 0 Å². The molecule has 0 aromatic carbocycles. The van der Waals surface area contributed by atoms with E-state index in [1.54, 1.807) is 19.9 Å². The molecule has 0 saturated carbocycles. The van der Waals surface area contributed by atoms with Gasteiger partial charge < -0.3 is 0 Å². The van der Waals surface area contributed by atoms with E-state index in [9.17, 15) is 4.79 Å². The molecule has 0 aliphatic rings. The van der Waals surface area contributed by atoms with Crippen molar-refractivity contribution in [2.24, 2.45) is 0 Å². The monoisotopic (exact) mass is 254 g/mol. The lowest BCUT2D eigenvalue weighted by atomic mass is 10.2. The first-order chi connectivity index (χ1) is 7.50. The van der Waals surface area contributed by atoms with Crippen LogP contribution in [0.4, 0.5) is 0 Å². The van der Waals surface area contributed by atoms with Crippen LogP contribution in [0.5, 0.6) is 0 Å². The van der Waals surface area contributed by atoms with Crippen LogP contribution in [0.1, 0.15) is 25.2 Å². The van der Waals surface area contributed by atoms with Crippen molar-refractivity contribution in [2.45, 2.75) is 20.8 Å².